The second-order valence-electron chi connectivity index (χ2n) is 10.3. The van der Waals surface area contributed by atoms with Crippen LogP contribution in [0.4, 0.5) is 0 Å². The molecule has 0 saturated heterocycles. The standard InChI is InChI=1S/C28H34N2O4S/c1-15(2)26(25-11-17(4)30-34-25)27(33)23-13-21(31)12-22(23)24(32)10-16(3)19-6-8-20(9-7-19)28-18(5)29-14-35-28/h6-9,11,14-16,21-23,26,31H,10,12-13H2,1-5H3/t16-,21-,22-,23?,26-/m1/s1. The number of ketones is 2. The molecule has 1 unspecified atom stereocenters. The Balaban J connectivity index is 1.47. The lowest BCUT2D eigenvalue weighted by Crippen LogP contribution is -2.32. The SMILES string of the molecule is Cc1cc([C@H](C(=O)C2C[C@H](O)C[C@H]2C(=O)C[C@@H](C)c2ccc(-c3scnc3C)cc2)C(C)C)on1. The predicted octanol–water partition coefficient (Wildman–Crippen LogP) is 5.87. The fourth-order valence-corrected chi connectivity index (χ4v) is 6.16. The Kier molecular flexibility index (Phi) is 7.67. The third-order valence-electron chi connectivity index (χ3n) is 7.24. The van der Waals surface area contributed by atoms with Crippen molar-refractivity contribution in [3.8, 4) is 10.4 Å². The number of hydrogen-bond donors (Lipinski definition) is 1. The summed E-state index contributed by atoms with van der Waals surface area (Å²) in [6.07, 6.45) is 0.363. The van der Waals surface area contributed by atoms with Crippen molar-refractivity contribution < 1.29 is 19.2 Å². The van der Waals surface area contributed by atoms with Gasteiger partial charge in [-0.05, 0) is 49.7 Å². The number of aliphatic hydroxyl groups is 1. The van der Waals surface area contributed by atoms with Crippen LogP contribution in [0.25, 0.3) is 10.4 Å². The van der Waals surface area contributed by atoms with E-state index in [2.05, 4.69) is 34.4 Å². The molecule has 0 radical (unpaired) electrons. The minimum absolute atomic E-state index is 0.00275. The zero-order chi connectivity index (χ0) is 25.3. The van der Waals surface area contributed by atoms with Gasteiger partial charge in [0.1, 0.15) is 17.3 Å². The van der Waals surface area contributed by atoms with E-state index in [1.807, 2.05) is 40.1 Å². The van der Waals surface area contributed by atoms with Crippen LogP contribution in [0.3, 0.4) is 0 Å². The van der Waals surface area contributed by atoms with Crippen molar-refractivity contribution in [3.05, 3.63) is 58.6 Å². The average Bonchev–Trinajstić information content (AvgIpc) is 3.53. The number of Topliss-reactive ketones (excluding diaryl/α,β-unsaturated/α-hetero) is 2. The minimum atomic E-state index is -0.639. The smallest absolute Gasteiger partial charge is 0.147 e. The number of carbonyl (C=O) groups excluding carboxylic acids is 2. The zero-order valence-electron chi connectivity index (χ0n) is 21.0. The maximum Gasteiger partial charge on any atom is 0.147 e. The van der Waals surface area contributed by atoms with Crippen LogP contribution in [0, 0.1) is 31.6 Å². The van der Waals surface area contributed by atoms with E-state index in [4.69, 9.17) is 4.52 Å². The van der Waals surface area contributed by atoms with Gasteiger partial charge < -0.3 is 9.63 Å². The number of aryl methyl sites for hydroxylation is 2. The van der Waals surface area contributed by atoms with Gasteiger partial charge in [-0.2, -0.15) is 0 Å². The Bertz CT molecular complexity index is 1180. The fourth-order valence-electron chi connectivity index (χ4n) is 5.35. The number of carbonyl (C=O) groups is 2. The molecule has 6 nitrogen and oxygen atoms in total. The molecule has 1 N–H and O–H groups in total. The molecular formula is C28H34N2O4S. The summed E-state index contributed by atoms with van der Waals surface area (Å²) < 4.78 is 5.44. The van der Waals surface area contributed by atoms with Gasteiger partial charge in [0.25, 0.3) is 0 Å². The summed E-state index contributed by atoms with van der Waals surface area (Å²) in [5, 5.41) is 14.4. The van der Waals surface area contributed by atoms with Gasteiger partial charge in [-0.15, -0.1) is 11.3 Å². The van der Waals surface area contributed by atoms with Gasteiger partial charge in [0.15, 0.2) is 0 Å². The van der Waals surface area contributed by atoms with Crippen LogP contribution in [0.5, 0.6) is 0 Å². The van der Waals surface area contributed by atoms with Gasteiger partial charge in [0, 0.05) is 24.3 Å². The van der Waals surface area contributed by atoms with E-state index < -0.39 is 23.9 Å². The highest BCUT2D eigenvalue weighted by Crippen LogP contribution is 2.41. The van der Waals surface area contributed by atoms with E-state index in [-0.39, 0.29) is 23.4 Å². The van der Waals surface area contributed by atoms with Gasteiger partial charge in [-0.1, -0.05) is 50.2 Å². The lowest BCUT2D eigenvalue weighted by Gasteiger charge is -2.25. The van der Waals surface area contributed by atoms with Crippen LogP contribution < -0.4 is 0 Å². The molecule has 4 rings (SSSR count). The molecule has 7 heteroatoms. The summed E-state index contributed by atoms with van der Waals surface area (Å²) in [5.41, 5.74) is 5.80. The zero-order valence-corrected chi connectivity index (χ0v) is 21.8. The van der Waals surface area contributed by atoms with E-state index in [1.165, 1.54) is 0 Å². The third kappa shape index (κ3) is 5.46. The highest BCUT2D eigenvalue weighted by atomic mass is 32.1. The van der Waals surface area contributed by atoms with Crippen LogP contribution in [-0.2, 0) is 9.59 Å². The summed E-state index contributed by atoms with van der Waals surface area (Å²) >= 11 is 1.62. The Labute approximate surface area is 210 Å². The van der Waals surface area contributed by atoms with Crippen LogP contribution in [0.15, 0.2) is 40.4 Å². The van der Waals surface area contributed by atoms with Crippen molar-refractivity contribution in [1.29, 1.82) is 0 Å². The molecular weight excluding hydrogens is 460 g/mol. The molecule has 1 aliphatic carbocycles. The fraction of sp³-hybridized carbons (Fsp3) is 0.500. The van der Waals surface area contributed by atoms with Crippen molar-refractivity contribution >= 4 is 22.9 Å². The van der Waals surface area contributed by atoms with Gasteiger partial charge >= 0.3 is 0 Å². The van der Waals surface area contributed by atoms with Gasteiger partial charge in [-0.25, -0.2) is 4.98 Å². The van der Waals surface area contributed by atoms with E-state index in [0.29, 0.717) is 25.0 Å². The first-order valence-electron chi connectivity index (χ1n) is 12.3. The largest absolute Gasteiger partial charge is 0.393 e. The van der Waals surface area contributed by atoms with E-state index in [9.17, 15) is 14.7 Å². The van der Waals surface area contributed by atoms with Crippen molar-refractivity contribution in [2.24, 2.45) is 17.8 Å². The van der Waals surface area contributed by atoms with Gasteiger partial charge in [0.2, 0.25) is 0 Å². The summed E-state index contributed by atoms with van der Waals surface area (Å²) in [4.78, 5) is 32.5. The monoisotopic (exact) mass is 494 g/mol. The molecule has 1 aliphatic rings. The van der Waals surface area contributed by atoms with Crippen molar-refractivity contribution in [3.63, 3.8) is 0 Å². The number of thiazole rings is 1. The van der Waals surface area contributed by atoms with Crippen molar-refractivity contribution in [1.82, 2.24) is 10.1 Å². The minimum Gasteiger partial charge on any atom is -0.393 e. The first kappa shape index (κ1) is 25.5. The van der Waals surface area contributed by atoms with Crippen LogP contribution in [0.2, 0.25) is 0 Å². The van der Waals surface area contributed by atoms with Crippen LogP contribution in [-0.4, -0.2) is 32.9 Å². The van der Waals surface area contributed by atoms with E-state index >= 15 is 0 Å². The summed E-state index contributed by atoms with van der Waals surface area (Å²) in [7, 11) is 0. The molecule has 2 heterocycles. The Morgan fingerprint density at radius 1 is 1.11 bits per heavy atom. The maximum absolute atomic E-state index is 13.6. The number of aliphatic hydroxyl groups excluding tert-OH is 1. The number of hydrogen-bond acceptors (Lipinski definition) is 7. The lowest BCUT2D eigenvalue weighted by molar-refractivity contribution is -0.133. The Morgan fingerprint density at radius 2 is 1.80 bits per heavy atom. The summed E-state index contributed by atoms with van der Waals surface area (Å²) in [6, 6.07) is 10.1. The molecule has 0 amide bonds. The molecule has 0 spiro atoms. The molecule has 1 saturated carbocycles. The highest BCUT2D eigenvalue weighted by Gasteiger charge is 2.45. The number of nitrogens with zero attached hydrogens (tertiary/aromatic N) is 2. The Morgan fingerprint density at radius 3 is 2.37 bits per heavy atom. The van der Waals surface area contributed by atoms with Crippen molar-refractivity contribution in [2.75, 3.05) is 0 Å². The molecule has 2 aromatic heterocycles. The quantitative estimate of drug-likeness (QED) is 0.400. The first-order chi connectivity index (χ1) is 16.7. The van der Waals surface area contributed by atoms with Crippen LogP contribution in [0.1, 0.15) is 74.6 Å². The topological polar surface area (TPSA) is 93.3 Å². The number of benzene rings is 1. The average molecular weight is 495 g/mol. The van der Waals surface area contributed by atoms with Gasteiger partial charge in [0.05, 0.1) is 33.8 Å². The number of aromatic nitrogens is 2. The van der Waals surface area contributed by atoms with E-state index in [0.717, 1.165) is 27.4 Å². The molecule has 186 valence electrons. The van der Waals surface area contributed by atoms with E-state index in [1.54, 1.807) is 17.4 Å². The molecule has 35 heavy (non-hydrogen) atoms. The molecule has 3 aromatic rings. The predicted molar refractivity (Wildman–Crippen MR) is 136 cm³/mol. The summed E-state index contributed by atoms with van der Waals surface area (Å²) in [6.45, 7) is 9.82. The first-order valence-corrected chi connectivity index (χ1v) is 13.2. The third-order valence-corrected chi connectivity index (χ3v) is 8.22. The maximum atomic E-state index is 13.6. The molecule has 1 fully saturated rings. The summed E-state index contributed by atoms with van der Waals surface area (Å²) in [5.74, 6) is -0.854. The lowest BCUT2D eigenvalue weighted by atomic mass is 9.76. The Hall–Kier alpha value is -2.64. The molecule has 0 bridgehead atoms. The normalized spacial score (nSPS) is 21.9. The molecule has 0 aliphatic heterocycles. The van der Waals surface area contributed by atoms with Crippen molar-refractivity contribution in [2.45, 2.75) is 71.8 Å². The van der Waals surface area contributed by atoms with Crippen LogP contribution >= 0.6 is 11.3 Å². The highest BCUT2D eigenvalue weighted by molar-refractivity contribution is 7.13. The molecule has 5 atom stereocenters. The second kappa shape index (κ2) is 10.5. The van der Waals surface area contributed by atoms with Gasteiger partial charge in [-0.3, -0.25) is 9.59 Å². The molecule has 1 aromatic carbocycles. The number of rotatable bonds is 9. The second-order valence-corrected chi connectivity index (χ2v) is 11.1.